The number of aromatic nitrogens is 2. The van der Waals surface area contributed by atoms with Crippen LogP contribution in [0.1, 0.15) is 56.1 Å². The average Bonchev–Trinajstić information content (AvgIpc) is 2.82. The van der Waals surface area contributed by atoms with Crippen LogP contribution in [0.2, 0.25) is 0 Å². The Balaban J connectivity index is 2.04. The minimum Gasteiger partial charge on any atom is -0.363 e. The smallest absolute Gasteiger partial charge is 0.284 e. The fourth-order valence-corrected chi connectivity index (χ4v) is 2.54. The molecule has 0 aliphatic rings. The number of rotatable bonds is 8. The first kappa shape index (κ1) is 14.6. The number of imidazole rings is 1. The van der Waals surface area contributed by atoms with Gasteiger partial charge in [-0.05, 0) is 18.6 Å². The summed E-state index contributed by atoms with van der Waals surface area (Å²) in [7, 11) is 0. The van der Waals surface area contributed by atoms with E-state index in [4.69, 9.17) is 5.73 Å². The van der Waals surface area contributed by atoms with E-state index < -0.39 is 5.91 Å². The van der Waals surface area contributed by atoms with E-state index in [2.05, 4.69) is 11.9 Å². The van der Waals surface area contributed by atoms with Crippen LogP contribution in [-0.2, 0) is 6.54 Å². The molecule has 0 fully saturated rings. The van der Waals surface area contributed by atoms with Crippen molar-refractivity contribution in [3.63, 3.8) is 0 Å². The standard InChI is InChI=1S/C16H23N3O/c1-2-3-4-5-6-9-12-19-14-11-8-7-10-13(14)18-16(19)15(17)20/h7-8,10-11H,2-6,9,12H2,1H3,(H2,17,20). The van der Waals surface area contributed by atoms with E-state index in [0.717, 1.165) is 24.0 Å². The summed E-state index contributed by atoms with van der Waals surface area (Å²) < 4.78 is 1.96. The maximum atomic E-state index is 11.5. The molecule has 4 nitrogen and oxygen atoms in total. The molecule has 1 amide bonds. The molecule has 20 heavy (non-hydrogen) atoms. The molecule has 0 bridgehead atoms. The number of primary amides is 1. The molecule has 0 unspecified atom stereocenters. The van der Waals surface area contributed by atoms with E-state index in [1.54, 1.807) is 0 Å². The van der Waals surface area contributed by atoms with Crippen molar-refractivity contribution >= 4 is 16.9 Å². The van der Waals surface area contributed by atoms with Crippen LogP contribution in [-0.4, -0.2) is 15.5 Å². The van der Waals surface area contributed by atoms with Crippen molar-refractivity contribution in [3.8, 4) is 0 Å². The van der Waals surface area contributed by atoms with Gasteiger partial charge in [0.25, 0.3) is 5.91 Å². The van der Waals surface area contributed by atoms with E-state index in [-0.39, 0.29) is 0 Å². The summed E-state index contributed by atoms with van der Waals surface area (Å²) in [5.74, 6) is -0.0769. The van der Waals surface area contributed by atoms with Crippen molar-refractivity contribution in [3.05, 3.63) is 30.1 Å². The molecule has 1 aromatic carbocycles. The number of aryl methyl sites for hydroxylation is 1. The zero-order chi connectivity index (χ0) is 14.4. The molecule has 0 radical (unpaired) electrons. The Morgan fingerprint density at radius 1 is 1.15 bits per heavy atom. The summed E-state index contributed by atoms with van der Waals surface area (Å²) in [5, 5.41) is 0. The highest BCUT2D eigenvalue weighted by Gasteiger charge is 2.14. The number of carbonyl (C=O) groups is 1. The third kappa shape index (κ3) is 3.38. The van der Waals surface area contributed by atoms with Crippen molar-refractivity contribution in [1.82, 2.24) is 9.55 Å². The molecular weight excluding hydrogens is 250 g/mol. The van der Waals surface area contributed by atoms with Gasteiger partial charge < -0.3 is 10.3 Å². The summed E-state index contributed by atoms with van der Waals surface area (Å²) in [4.78, 5) is 15.8. The number of hydrogen-bond acceptors (Lipinski definition) is 2. The molecule has 1 heterocycles. The van der Waals surface area contributed by atoms with Crippen molar-refractivity contribution < 1.29 is 4.79 Å². The Morgan fingerprint density at radius 3 is 2.60 bits per heavy atom. The van der Waals surface area contributed by atoms with Crippen molar-refractivity contribution in [2.75, 3.05) is 0 Å². The van der Waals surface area contributed by atoms with Gasteiger partial charge in [-0.2, -0.15) is 0 Å². The molecule has 1 aromatic heterocycles. The van der Waals surface area contributed by atoms with Gasteiger partial charge in [0, 0.05) is 6.54 Å². The first-order valence-corrected chi connectivity index (χ1v) is 7.49. The summed E-state index contributed by atoms with van der Waals surface area (Å²) >= 11 is 0. The highest BCUT2D eigenvalue weighted by Crippen LogP contribution is 2.17. The van der Waals surface area contributed by atoms with E-state index >= 15 is 0 Å². The summed E-state index contributed by atoms with van der Waals surface area (Å²) in [6.07, 6.45) is 7.36. The van der Waals surface area contributed by atoms with Gasteiger partial charge in [-0.1, -0.05) is 51.2 Å². The number of amides is 1. The molecule has 0 atom stereocenters. The number of unbranched alkanes of at least 4 members (excludes halogenated alkanes) is 5. The van der Waals surface area contributed by atoms with Crippen LogP contribution in [0.15, 0.2) is 24.3 Å². The van der Waals surface area contributed by atoms with E-state index in [0.29, 0.717) is 5.82 Å². The second-order valence-electron chi connectivity index (χ2n) is 5.21. The van der Waals surface area contributed by atoms with Crippen LogP contribution in [0.5, 0.6) is 0 Å². The van der Waals surface area contributed by atoms with E-state index in [1.165, 1.54) is 32.1 Å². The third-order valence-corrected chi connectivity index (χ3v) is 3.61. The van der Waals surface area contributed by atoms with Gasteiger partial charge in [0.1, 0.15) is 0 Å². The first-order valence-electron chi connectivity index (χ1n) is 7.49. The maximum absolute atomic E-state index is 11.5. The van der Waals surface area contributed by atoms with Crippen molar-refractivity contribution in [2.24, 2.45) is 5.73 Å². The highest BCUT2D eigenvalue weighted by atomic mass is 16.1. The van der Waals surface area contributed by atoms with Gasteiger partial charge >= 0.3 is 0 Å². The highest BCUT2D eigenvalue weighted by molar-refractivity contribution is 5.93. The first-order chi connectivity index (χ1) is 9.74. The number of nitrogens with zero attached hydrogens (tertiary/aromatic N) is 2. The fourth-order valence-electron chi connectivity index (χ4n) is 2.54. The van der Waals surface area contributed by atoms with Gasteiger partial charge in [0.2, 0.25) is 0 Å². The van der Waals surface area contributed by atoms with Crippen LogP contribution in [0.4, 0.5) is 0 Å². The SMILES string of the molecule is CCCCCCCCn1c(C(N)=O)nc2ccccc21. The minimum atomic E-state index is -0.452. The van der Waals surface area contributed by atoms with Gasteiger partial charge in [-0.3, -0.25) is 4.79 Å². The molecule has 108 valence electrons. The van der Waals surface area contributed by atoms with Crippen LogP contribution < -0.4 is 5.73 Å². The van der Waals surface area contributed by atoms with Crippen molar-refractivity contribution in [2.45, 2.75) is 52.0 Å². The number of fused-ring (bicyclic) bond motifs is 1. The van der Waals surface area contributed by atoms with Crippen LogP contribution >= 0.6 is 0 Å². The molecule has 2 rings (SSSR count). The largest absolute Gasteiger partial charge is 0.363 e. The summed E-state index contributed by atoms with van der Waals surface area (Å²) in [6, 6.07) is 7.80. The lowest BCUT2D eigenvalue weighted by Crippen LogP contribution is -2.18. The Morgan fingerprint density at radius 2 is 1.85 bits per heavy atom. The molecule has 0 saturated heterocycles. The molecule has 0 aliphatic heterocycles. The van der Waals surface area contributed by atoms with Gasteiger partial charge in [-0.15, -0.1) is 0 Å². The Kier molecular flexibility index (Phi) is 5.16. The normalized spacial score (nSPS) is 11.1. The molecule has 0 spiro atoms. The zero-order valence-electron chi connectivity index (χ0n) is 12.1. The number of benzene rings is 1. The van der Waals surface area contributed by atoms with Gasteiger partial charge in [0.05, 0.1) is 11.0 Å². The molecule has 0 aliphatic carbocycles. The maximum Gasteiger partial charge on any atom is 0.284 e. The molecular formula is C16H23N3O. The van der Waals surface area contributed by atoms with Gasteiger partial charge in [0.15, 0.2) is 5.82 Å². The monoisotopic (exact) mass is 273 g/mol. The number of nitrogens with two attached hydrogens (primary N) is 1. The summed E-state index contributed by atoms with van der Waals surface area (Å²) in [5.41, 5.74) is 7.26. The van der Waals surface area contributed by atoms with E-state index in [9.17, 15) is 4.79 Å². The lowest BCUT2D eigenvalue weighted by molar-refractivity contribution is 0.0986. The predicted octanol–water partition coefficient (Wildman–Crippen LogP) is 3.50. The second-order valence-corrected chi connectivity index (χ2v) is 5.21. The topological polar surface area (TPSA) is 60.9 Å². The lowest BCUT2D eigenvalue weighted by Gasteiger charge is -2.07. The number of carbonyl (C=O) groups excluding carboxylic acids is 1. The average molecular weight is 273 g/mol. The quantitative estimate of drug-likeness (QED) is 0.748. The van der Waals surface area contributed by atoms with Gasteiger partial charge in [-0.25, -0.2) is 4.98 Å². The van der Waals surface area contributed by atoms with Crippen LogP contribution in [0, 0.1) is 0 Å². The van der Waals surface area contributed by atoms with E-state index in [1.807, 2.05) is 28.8 Å². The lowest BCUT2D eigenvalue weighted by atomic mass is 10.1. The molecule has 4 heteroatoms. The molecule has 0 saturated carbocycles. The summed E-state index contributed by atoms with van der Waals surface area (Å²) in [6.45, 7) is 3.03. The molecule has 2 N–H and O–H groups in total. The minimum absolute atomic E-state index is 0.375. The Bertz CT molecular complexity index is 574. The number of para-hydroxylation sites is 2. The third-order valence-electron chi connectivity index (χ3n) is 3.61. The predicted molar refractivity (Wildman–Crippen MR) is 81.6 cm³/mol. The van der Waals surface area contributed by atoms with Crippen LogP contribution in [0.3, 0.4) is 0 Å². The van der Waals surface area contributed by atoms with Crippen LogP contribution in [0.25, 0.3) is 11.0 Å². The Hall–Kier alpha value is -1.84. The van der Waals surface area contributed by atoms with Crippen molar-refractivity contribution in [1.29, 1.82) is 0 Å². The second kappa shape index (κ2) is 7.08. The number of hydrogen-bond donors (Lipinski definition) is 1. The fraction of sp³-hybridized carbons (Fsp3) is 0.500. The Labute approximate surface area is 120 Å². The molecule has 2 aromatic rings. The zero-order valence-corrected chi connectivity index (χ0v) is 12.1.